The van der Waals surface area contributed by atoms with Gasteiger partial charge in [0.05, 0.1) is 0 Å². The predicted molar refractivity (Wildman–Crippen MR) is 75.8 cm³/mol. The quantitative estimate of drug-likeness (QED) is 0.919. The number of piperidine rings is 1. The molecule has 4 heteroatoms. The fraction of sp³-hybridized carbons (Fsp3) is 0.688. The van der Waals surface area contributed by atoms with E-state index in [2.05, 4.69) is 4.90 Å². The van der Waals surface area contributed by atoms with Crippen LogP contribution in [0.25, 0.3) is 0 Å². The van der Waals surface area contributed by atoms with E-state index < -0.39 is 5.97 Å². The van der Waals surface area contributed by atoms with Crippen LogP contribution >= 0.6 is 0 Å². The maximum atomic E-state index is 11.0. The zero-order chi connectivity index (χ0) is 14.1. The molecule has 2 atom stereocenters. The molecule has 1 aromatic rings. The summed E-state index contributed by atoms with van der Waals surface area (Å²) < 4.78 is 5.33. The summed E-state index contributed by atoms with van der Waals surface area (Å²) in [5.41, 5.74) is 1.04. The molecule has 1 saturated heterocycles. The van der Waals surface area contributed by atoms with Crippen LogP contribution in [0.2, 0.25) is 0 Å². The van der Waals surface area contributed by atoms with Crippen molar-refractivity contribution in [2.45, 2.75) is 58.0 Å². The SMILES string of the molecule is Cc1oc(C(=O)O)cc1CN1CCCC2CCCCC21. The molecule has 110 valence electrons. The smallest absolute Gasteiger partial charge is 0.371 e. The maximum Gasteiger partial charge on any atom is 0.371 e. The molecule has 3 rings (SSSR count). The Labute approximate surface area is 119 Å². The Hall–Kier alpha value is -1.29. The molecule has 1 aliphatic carbocycles. The standard InChI is InChI=1S/C16H23NO3/c1-11-13(9-15(20-11)16(18)19)10-17-8-4-6-12-5-2-3-7-14(12)17/h9,12,14H,2-8,10H2,1H3,(H,18,19). The van der Waals surface area contributed by atoms with Crippen LogP contribution in [0.4, 0.5) is 0 Å². The minimum Gasteiger partial charge on any atom is -0.475 e. The zero-order valence-corrected chi connectivity index (χ0v) is 12.1. The van der Waals surface area contributed by atoms with Crippen LogP contribution in [0.1, 0.15) is 60.4 Å². The topological polar surface area (TPSA) is 53.7 Å². The fourth-order valence-corrected chi connectivity index (χ4v) is 3.93. The normalized spacial score (nSPS) is 27.2. The summed E-state index contributed by atoms with van der Waals surface area (Å²) in [7, 11) is 0. The molecule has 2 aliphatic rings. The van der Waals surface area contributed by atoms with Gasteiger partial charge in [-0.1, -0.05) is 12.8 Å². The van der Waals surface area contributed by atoms with Crippen LogP contribution in [0.5, 0.6) is 0 Å². The van der Waals surface area contributed by atoms with Gasteiger partial charge in [0.1, 0.15) is 5.76 Å². The van der Waals surface area contributed by atoms with Crippen molar-refractivity contribution in [2.24, 2.45) is 5.92 Å². The van der Waals surface area contributed by atoms with E-state index in [0.29, 0.717) is 6.04 Å². The van der Waals surface area contributed by atoms with Crippen molar-refractivity contribution in [3.8, 4) is 0 Å². The number of carboxylic acids is 1. The number of aromatic carboxylic acids is 1. The third-order valence-corrected chi connectivity index (χ3v) is 4.96. The van der Waals surface area contributed by atoms with E-state index in [1.807, 2.05) is 6.92 Å². The Morgan fingerprint density at radius 1 is 1.35 bits per heavy atom. The van der Waals surface area contributed by atoms with Crippen molar-refractivity contribution in [3.05, 3.63) is 23.2 Å². The first-order valence-corrected chi connectivity index (χ1v) is 7.72. The third kappa shape index (κ3) is 2.62. The summed E-state index contributed by atoms with van der Waals surface area (Å²) in [5.74, 6) is 0.687. The van der Waals surface area contributed by atoms with Gasteiger partial charge >= 0.3 is 5.97 Å². The van der Waals surface area contributed by atoms with Crippen LogP contribution < -0.4 is 0 Å². The molecule has 0 amide bonds. The number of carbonyl (C=O) groups is 1. The number of furan rings is 1. The molecule has 0 aromatic carbocycles. The van der Waals surface area contributed by atoms with Gasteiger partial charge in [0, 0.05) is 18.2 Å². The lowest BCUT2D eigenvalue weighted by molar-refractivity contribution is 0.0544. The second kappa shape index (κ2) is 5.60. The third-order valence-electron chi connectivity index (χ3n) is 4.96. The highest BCUT2D eigenvalue weighted by Crippen LogP contribution is 2.36. The van der Waals surface area contributed by atoms with Gasteiger partial charge < -0.3 is 9.52 Å². The Kier molecular flexibility index (Phi) is 3.83. The summed E-state index contributed by atoms with van der Waals surface area (Å²) in [6, 6.07) is 2.39. The molecule has 1 aliphatic heterocycles. The summed E-state index contributed by atoms with van der Waals surface area (Å²) in [4.78, 5) is 13.5. The molecule has 2 heterocycles. The Morgan fingerprint density at radius 3 is 2.85 bits per heavy atom. The first kappa shape index (κ1) is 13.7. The second-order valence-electron chi connectivity index (χ2n) is 6.22. The van der Waals surface area contributed by atoms with Crippen molar-refractivity contribution >= 4 is 5.97 Å². The van der Waals surface area contributed by atoms with Crippen molar-refractivity contribution < 1.29 is 14.3 Å². The van der Waals surface area contributed by atoms with E-state index in [0.717, 1.165) is 30.3 Å². The van der Waals surface area contributed by atoms with Gasteiger partial charge in [-0.15, -0.1) is 0 Å². The Bertz CT molecular complexity index is 492. The van der Waals surface area contributed by atoms with E-state index >= 15 is 0 Å². The number of hydrogen-bond donors (Lipinski definition) is 1. The lowest BCUT2D eigenvalue weighted by atomic mass is 9.78. The number of nitrogens with zero attached hydrogens (tertiary/aromatic N) is 1. The van der Waals surface area contributed by atoms with Crippen molar-refractivity contribution in [2.75, 3.05) is 6.54 Å². The maximum absolute atomic E-state index is 11.0. The summed E-state index contributed by atoms with van der Waals surface area (Å²) in [6.07, 6.45) is 8.01. The van der Waals surface area contributed by atoms with Gasteiger partial charge in [-0.05, 0) is 51.1 Å². The summed E-state index contributed by atoms with van der Waals surface area (Å²) in [5, 5.41) is 9.01. The predicted octanol–water partition coefficient (Wildman–Crippen LogP) is 3.44. The lowest BCUT2D eigenvalue weighted by Crippen LogP contribution is -2.46. The lowest BCUT2D eigenvalue weighted by Gasteiger charge is -2.44. The Morgan fingerprint density at radius 2 is 2.10 bits per heavy atom. The number of fused-ring (bicyclic) bond motifs is 1. The molecule has 2 fully saturated rings. The molecule has 1 N–H and O–H groups in total. The molecular formula is C16H23NO3. The number of hydrogen-bond acceptors (Lipinski definition) is 3. The highest BCUT2D eigenvalue weighted by molar-refractivity contribution is 5.84. The van der Waals surface area contributed by atoms with Gasteiger partial charge in [-0.3, -0.25) is 4.90 Å². The van der Waals surface area contributed by atoms with Crippen LogP contribution in [0.3, 0.4) is 0 Å². The van der Waals surface area contributed by atoms with Crippen LogP contribution in [-0.4, -0.2) is 28.6 Å². The van der Waals surface area contributed by atoms with Gasteiger partial charge in [0.15, 0.2) is 0 Å². The van der Waals surface area contributed by atoms with E-state index in [9.17, 15) is 4.79 Å². The van der Waals surface area contributed by atoms with Gasteiger partial charge in [0.2, 0.25) is 5.76 Å². The average Bonchev–Trinajstić information content (AvgIpc) is 2.81. The van der Waals surface area contributed by atoms with E-state index in [4.69, 9.17) is 9.52 Å². The molecule has 0 bridgehead atoms. The van der Waals surface area contributed by atoms with Crippen LogP contribution in [0.15, 0.2) is 10.5 Å². The minimum atomic E-state index is -0.978. The molecule has 1 aromatic heterocycles. The first-order valence-electron chi connectivity index (χ1n) is 7.72. The number of carboxylic acid groups (broad SMARTS) is 1. The second-order valence-corrected chi connectivity index (χ2v) is 6.22. The van der Waals surface area contributed by atoms with E-state index in [-0.39, 0.29) is 5.76 Å². The number of likely N-dealkylation sites (tertiary alicyclic amines) is 1. The number of aryl methyl sites for hydroxylation is 1. The number of rotatable bonds is 3. The summed E-state index contributed by atoms with van der Waals surface area (Å²) in [6.45, 7) is 3.84. The largest absolute Gasteiger partial charge is 0.475 e. The first-order chi connectivity index (χ1) is 9.65. The molecule has 0 radical (unpaired) electrons. The Balaban J connectivity index is 1.74. The fourth-order valence-electron chi connectivity index (χ4n) is 3.93. The van der Waals surface area contributed by atoms with E-state index in [1.54, 1.807) is 6.07 Å². The molecule has 1 saturated carbocycles. The average molecular weight is 277 g/mol. The van der Waals surface area contributed by atoms with Crippen molar-refractivity contribution in [1.29, 1.82) is 0 Å². The minimum absolute atomic E-state index is 0.0645. The molecule has 2 unspecified atom stereocenters. The van der Waals surface area contributed by atoms with Crippen molar-refractivity contribution in [3.63, 3.8) is 0 Å². The summed E-state index contributed by atoms with van der Waals surface area (Å²) >= 11 is 0. The molecule has 0 spiro atoms. The monoisotopic (exact) mass is 277 g/mol. The van der Waals surface area contributed by atoms with Gasteiger partial charge in [-0.25, -0.2) is 4.79 Å². The highest BCUT2D eigenvalue weighted by atomic mass is 16.4. The van der Waals surface area contributed by atoms with Crippen molar-refractivity contribution in [1.82, 2.24) is 4.90 Å². The molecule has 20 heavy (non-hydrogen) atoms. The zero-order valence-electron chi connectivity index (χ0n) is 12.1. The van der Waals surface area contributed by atoms with Crippen LogP contribution in [-0.2, 0) is 6.54 Å². The van der Waals surface area contributed by atoms with Crippen LogP contribution in [0, 0.1) is 12.8 Å². The van der Waals surface area contributed by atoms with Gasteiger partial charge in [-0.2, -0.15) is 0 Å². The van der Waals surface area contributed by atoms with E-state index in [1.165, 1.54) is 38.5 Å². The molecular weight excluding hydrogens is 254 g/mol. The highest BCUT2D eigenvalue weighted by Gasteiger charge is 2.33. The van der Waals surface area contributed by atoms with Gasteiger partial charge in [0.25, 0.3) is 0 Å². The molecule has 4 nitrogen and oxygen atoms in total.